The van der Waals surface area contributed by atoms with Crippen LogP contribution in [0.3, 0.4) is 0 Å². The maximum absolute atomic E-state index is 12.9. The highest BCUT2D eigenvalue weighted by molar-refractivity contribution is 7.92. The molecule has 0 saturated heterocycles. The quantitative estimate of drug-likeness (QED) is 0.443. The molecule has 0 unspecified atom stereocenters. The van der Waals surface area contributed by atoms with Crippen LogP contribution in [0.25, 0.3) is 22.1 Å². The predicted molar refractivity (Wildman–Crippen MR) is 129 cm³/mol. The monoisotopic (exact) mass is 435 g/mol. The van der Waals surface area contributed by atoms with E-state index >= 15 is 0 Å². The largest absolute Gasteiger partial charge is 0.463 e. The molecule has 0 amide bonds. The molecule has 1 N–H and O–H groups in total. The van der Waals surface area contributed by atoms with Gasteiger partial charge in [0.25, 0.3) is 0 Å². The second-order valence-corrected chi connectivity index (χ2v) is 8.22. The van der Waals surface area contributed by atoms with E-state index < -0.39 is 10.0 Å². The molecule has 0 radical (unpaired) electrons. The summed E-state index contributed by atoms with van der Waals surface area (Å²) in [6.45, 7) is 9.52. The average molecular weight is 436 g/mol. The summed E-state index contributed by atoms with van der Waals surface area (Å²) in [5.74, 6) is 6.04. The maximum atomic E-state index is 12.9. The topological polar surface area (TPSA) is 76.4 Å². The van der Waals surface area contributed by atoms with Crippen LogP contribution in [0.2, 0.25) is 0 Å². The number of nitrogens with one attached hydrogen (secondary N) is 1. The van der Waals surface area contributed by atoms with Crippen molar-refractivity contribution in [1.29, 1.82) is 0 Å². The van der Waals surface area contributed by atoms with Crippen LogP contribution in [0.5, 0.6) is 0 Å². The third-order valence-corrected chi connectivity index (χ3v) is 4.65. The van der Waals surface area contributed by atoms with Gasteiger partial charge in [-0.1, -0.05) is 56.6 Å². The van der Waals surface area contributed by atoms with Crippen LogP contribution >= 0.6 is 0 Å². The lowest BCUT2D eigenvalue weighted by Gasteiger charge is -2.06. The summed E-state index contributed by atoms with van der Waals surface area (Å²) >= 11 is 0. The molecule has 0 bridgehead atoms. The molecular weight excluding hydrogens is 410 g/mol. The summed E-state index contributed by atoms with van der Waals surface area (Å²) in [5, 5.41) is 0.449. The number of benzene rings is 2. The third-order valence-electron chi connectivity index (χ3n) is 4.05. The van der Waals surface area contributed by atoms with Crippen molar-refractivity contribution >= 4 is 26.7 Å². The van der Waals surface area contributed by atoms with Crippen LogP contribution in [0, 0.1) is 11.8 Å². The van der Waals surface area contributed by atoms with Gasteiger partial charge in [0.05, 0.1) is 17.2 Å². The molecule has 0 aliphatic carbocycles. The molecular formula is C25H25NO4S. The number of hydrogen-bond acceptors (Lipinski definition) is 4. The molecule has 0 saturated carbocycles. The fourth-order valence-electron chi connectivity index (χ4n) is 2.73. The summed E-state index contributed by atoms with van der Waals surface area (Å²) in [4.78, 5) is 12.9. The van der Waals surface area contributed by atoms with E-state index in [1.54, 1.807) is 48.5 Å². The number of allylic oxidation sites excluding steroid dienone is 3. The van der Waals surface area contributed by atoms with Gasteiger partial charge < -0.3 is 4.42 Å². The fourth-order valence-corrected chi connectivity index (χ4v) is 3.29. The van der Waals surface area contributed by atoms with E-state index in [1.165, 1.54) is 6.26 Å². The molecule has 1 aromatic heterocycles. The van der Waals surface area contributed by atoms with E-state index in [-0.39, 0.29) is 5.43 Å². The van der Waals surface area contributed by atoms with Crippen LogP contribution in [0.15, 0.2) is 82.2 Å². The van der Waals surface area contributed by atoms with E-state index in [4.69, 9.17) is 4.42 Å². The van der Waals surface area contributed by atoms with E-state index in [1.807, 2.05) is 26.8 Å². The van der Waals surface area contributed by atoms with Gasteiger partial charge in [-0.3, -0.25) is 9.52 Å². The van der Waals surface area contributed by atoms with Crippen molar-refractivity contribution in [3.8, 4) is 23.0 Å². The first-order chi connectivity index (χ1) is 14.8. The van der Waals surface area contributed by atoms with E-state index in [0.717, 1.165) is 17.4 Å². The summed E-state index contributed by atoms with van der Waals surface area (Å²) in [5.41, 5.74) is 3.35. The summed E-state index contributed by atoms with van der Waals surface area (Å²) < 4.78 is 30.7. The first-order valence-electron chi connectivity index (χ1n) is 9.72. The Hall–Kier alpha value is -3.56. The fraction of sp³-hybridized carbons (Fsp3) is 0.160. The van der Waals surface area contributed by atoms with Crippen molar-refractivity contribution < 1.29 is 12.8 Å². The highest BCUT2D eigenvalue weighted by atomic mass is 32.2. The Morgan fingerprint density at radius 3 is 2.42 bits per heavy atom. The molecule has 31 heavy (non-hydrogen) atoms. The lowest BCUT2D eigenvalue weighted by molar-refractivity contribution is 0.604. The minimum Gasteiger partial charge on any atom is -0.463 e. The van der Waals surface area contributed by atoms with Crippen molar-refractivity contribution in [2.75, 3.05) is 11.0 Å². The molecule has 3 aromatic rings. The number of rotatable bonds is 4. The van der Waals surface area contributed by atoms with Crippen molar-refractivity contribution in [2.24, 2.45) is 0 Å². The molecule has 0 fully saturated rings. The molecule has 6 heteroatoms. The van der Waals surface area contributed by atoms with Crippen LogP contribution in [-0.4, -0.2) is 14.7 Å². The second-order valence-electron chi connectivity index (χ2n) is 6.48. The molecule has 0 aliphatic rings. The lowest BCUT2D eigenvalue weighted by atomic mass is 10.0. The third kappa shape index (κ3) is 6.46. The van der Waals surface area contributed by atoms with Gasteiger partial charge in [0.1, 0.15) is 11.8 Å². The van der Waals surface area contributed by atoms with Crippen molar-refractivity contribution in [3.05, 3.63) is 88.8 Å². The number of anilines is 1. The highest BCUT2D eigenvalue weighted by Gasteiger charge is 2.10. The zero-order valence-electron chi connectivity index (χ0n) is 18.0. The van der Waals surface area contributed by atoms with Crippen LogP contribution in [-0.2, 0) is 10.0 Å². The molecule has 1 heterocycles. The Kier molecular flexibility index (Phi) is 8.00. The number of fused-ring (bicyclic) bond motifs is 1. The second kappa shape index (κ2) is 10.5. The average Bonchev–Trinajstić information content (AvgIpc) is 2.74. The van der Waals surface area contributed by atoms with Crippen molar-refractivity contribution in [2.45, 2.75) is 20.8 Å². The van der Waals surface area contributed by atoms with Gasteiger partial charge in [-0.15, -0.1) is 0 Å². The smallest absolute Gasteiger partial charge is 0.229 e. The van der Waals surface area contributed by atoms with Gasteiger partial charge in [-0.2, -0.15) is 0 Å². The summed E-state index contributed by atoms with van der Waals surface area (Å²) in [6, 6.07) is 11.7. The molecule has 0 aliphatic heterocycles. The molecule has 0 spiro atoms. The lowest BCUT2D eigenvalue weighted by Crippen LogP contribution is -2.09. The van der Waals surface area contributed by atoms with E-state index in [2.05, 4.69) is 23.1 Å². The summed E-state index contributed by atoms with van der Waals surface area (Å²) in [7, 11) is -3.36. The Bertz CT molecular complexity index is 1340. The van der Waals surface area contributed by atoms with Crippen LogP contribution in [0.1, 0.15) is 26.3 Å². The van der Waals surface area contributed by atoms with Gasteiger partial charge in [0, 0.05) is 11.3 Å². The Morgan fingerprint density at radius 1 is 1.13 bits per heavy atom. The molecule has 160 valence electrons. The standard InChI is InChI=1S/C23H19NO4S.C2H6/c1-4-5-16(2)6-7-17-8-13-20-22(14-17)28-15-21(23(20)25)18-9-11-19(12-10-18)24-29(3,26)27;1-2/h4-5,8-15,24H,1H2,2-3H3;1-2H3/b16-5+;. The van der Waals surface area contributed by atoms with E-state index in [9.17, 15) is 13.2 Å². The van der Waals surface area contributed by atoms with Crippen LogP contribution < -0.4 is 10.2 Å². The zero-order valence-corrected chi connectivity index (χ0v) is 18.8. The molecule has 5 nitrogen and oxygen atoms in total. The zero-order chi connectivity index (χ0) is 23.0. The highest BCUT2D eigenvalue weighted by Crippen LogP contribution is 2.22. The van der Waals surface area contributed by atoms with Crippen molar-refractivity contribution in [1.82, 2.24) is 0 Å². The molecule has 3 rings (SSSR count). The van der Waals surface area contributed by atoms with Gasteiger partial charge in [0.15, 0.2) is 5.43 Å². The Labute approximate surface area is 183 Å². The van der Waals surface area contributed by atoms with Gasteiger partial charge in [-0.05, 0) is 48.4 Å². The van der Waals surface area contributed by atoms with Gasteiger partial charge >= 0.3 is 0 Å². The number of hydrogen-bond donors (Lipinski definition) is 1. The molecule has 2 aromatic carbocycles. The van der Waals surface area contributed by atoms with E-state index in [0.29, 0.717) is 27.8 Å². The normalized spacial score (nSPS) is 11.0. The molecule has 0 atom stereocenters. The minimum absolute atomic E-state index is 0.169. The first-order valence-corrected chi connectivity index (χ1v) is 11.6. The van der Waals surface area contributed by atoms with Gasteiger partial charge in [-0.25, -0.2) is 8.42 Å². The van der Waals surface area contributed by atoms with Crippen LogP contribution in [0.4, 0.5) is 5.69 Å². The maximum Gasteiger partial charge on any atom is 0.229 e. The Balaban J connectivity index is 0.00000166. The Morgan fingerprint density at radius 2 is 1.81 bits per heavy atom. The predicted octanol–water partition coefficient (Wildman–Crippen LogP) is 5.34. The minimum atomic E-state index is -3.36. The SMILES string of the molecule is C=C/C=C(\C)C#Cc1ccc2c(=O)c(-c3ccc(NS(C)(=O)=O)cc3)coc2c1.CC. The first kappa shape index (κ1) is 23.7. The number of sulfonamides is 1. The summed E-state index contributed by atoms with van der Waals surface area (Å²) in [6.07, 6.45) is 5.98. The van der Waals surface area contributed by atoms with Gasteiger partial charge in [0.2, 0.25) is 10.0 Å². The van der Waals surface area contributed by atoms with Crippen molar-refractivity contribution in [3.63, 3.8) is 0 Å².